The molecule has 5 heteroatoms. The van der Waals surface area contributed by atoms with Gasteiger partial charge in [-0.3, -0.25) is 4.79 Å². The van der Waals surface area contributed by atoms with Crippen LogP contribution in [0.25, 0.3) is 0 Å². The Morgan fingerprint density at radius 3 is 2.00 bits per heavy atom. The highest BCUT2D eigenvalue weighted by Gasteiger charge is 2.51. The van der Waals surface area contributed by atoms with Gasteiger partial charge in [0.05, 0.1) is 12.7 Å². The molecule has 4 nitrogen and oxygen atoms in total. The third-order valence-corrected chi connectivity index (χ3v) is 10.5. The molecule has 2 aromatic carbocycles. The molecule has 0 N–H and O–H groups in total. The maximum atomic E-state index is 11.9. The van der Waals surface area contributed by atoms with E-state index in [1.165, 1.54) is 10.4 Å². The highest BCUT2D eigenvalue weighted by Crippen LogP contribution is 2.37. The van der Waals surface area contributed by atoms with Crippen molar-refractivity contribution in [2.24, 2.45) is 0 Å². The maximum Gasteiger partial charge on any atom is 0.306 e. The molecule has 1 aliphatic heterocycles. The largest absolute Gasteiger partial charge is 0.457 e. The first-order valence-electron chi connectivity index (χ1n) is 9.86. The summed E-state index contributed by atoms with van der Waals surface area (Å²) in [6, 6.07) is 20.9. The predicted octanol–water partition coefficient (Wildman–Crippen LogP) is 3.28. The zero-order valence-corrected chi connectivity index (χ0v) is 18.2. The van der Waals surface area contributed by atoms with Crippen LogP contribution < -0.4 is 10.4 Å². The molecule has 0 unspecified atom stereocenters. The SMILES string of the molecule is CO[C@H]1CCC(=O)O[C@@H]1CO[Si](c1ccccc1)(c1ccccc1)C(C)(C)C. The smallest absolute Gasteiger partial charge is 0.306 e. The van der Waals surface area contributed by atoms with Crippen molar-refractivity contribution >= 4 is 24.7 Å². The van der Waals surface area contributed by atoms with E-state index in [0.717, 1.165) is 0 Å². The molecular weight excluding hydrogens is 368 g/mol. The molecule has 0 bridgehead atoms. The summed E-state index contributed by atoms with van der Waals surface area (Å²) in [5.41, 5.74) is 0. The van der Waals surface area contributed by atoms with E-state index in [1.54, 1.807) is 7.11 Å². The minimum absolute atomic E-state index is 0.114. The van der Waals surface area contributed by atoms with Crippen LogP contribution in [0.4, 0.5) is 0 Å². The maximum absolute atomic E-state index is 11.9. The van der Waals surface area contributed by atoms with Crippen LogP contribution in [-0.4, -0.2) is 40.2 Å². The molecule has 1 heterocycles. The molecular formula is C23H30O4Si. The number of carbonyl (C=O) groups excluding carboxylic acids is 1. The van der Waals surface area contributed by atoms with Crippen molar-refractivity contribution in [2.45, 2.75) is 50.9 Å². The van der Waals surface area contributed by atoms with Gasteiger partial charge in [0, 0.05) is 13.5 Å². The molecule has 0 spiro atoms. The highest BCUT2D eigenvalue weighted by atomic mass is 28.4. The van der Waals surface area contributed by atoms with Gasteiger partial charge in [-0.15, -0.1) is 0 Å². The monoisotopic (exact) mass is 398 g/mol. The lowest BCUT2D eigenvalue weighted by Gasteiger charge is -2.44. The average molecular weight is 399 g/mol. The lowest BCUT2D eigenvalue weighted by molar-refractivity contribution is -0.169. The second-order valence-corrected chi connectivity index (χ2v) is 12.6. The summed E-state index contributed by atoms with van der Waals surface area (Å²) >= 11 is 0. The minimum Gasteiger partial charge on any atom is -0.457 e. The van der Waals surface area contributed by atoms with Gasteiger partial charge >= 0.3 is 5.97 Å². The van der Waals surface area contributed by atoms with Crippen LogP contribution in [0, 0.1) is 0 Å². The fourth-order valence-corrected chi connectivity index (χ4v) is 8.70. The lowest BCUT2D eigenvalue weighted by atomic mass is 10.1. The van der Waals surface area contributed by atoms with Crippen LogP contribution in [0.1, 0.15) is 33.6 Å². The third kappa shape index (κ3) is 4.07. The number of carbonyl (C=O) groups is 1. The Bertz CT molecular complexity index is 731. The molecule has 2 atom stereocenters. The molecule has 0 amide bonds. The van der Waals surface area contributed by atoms with E-state index in [-0.39, 0.29) is 23.2 Å². The summed E-state index contributed by atoms with van der Waals surface area (Å²) in [6.07, 6.45) is 0.557. The van der Waals surface area contributed by atoms with E-state index in [1.807, 2.05) is 12.1 Å². The second kappa shape index (κ2) is 8.60. The van der Waals surface area contributed by atoms with Gasteiger partial charge in [0.25, 0.3) is 8.32 Å². The van der Waals surface area contributed by atoms with E-state index >= 15 is 0 Å². The first-order valence-corrected chi connectivity index (χ1v) is 11.8. The first-order chi connectivity index (χ1) is 13.4. The molecule has 0 radical (unpaired) electrons. The summed E-state index contributed by atoms with van der Waals surface area (Å²) in [5.74, 6) is -0.177. The molecule has 0 saturated carbocycles. The summed E-state index contributed by atoms with van der Waals surface area (Å²) in [4.78, 5) is 11.9. The summed E-state index contributed by atoms with van der Waals surface area (Å²) < 4.78 is 18.0. The van der Waals surface area contributed by atoms with Crippen LogP contribution in [0.5, 0.6) is 0 Å². The average Bonchev–Trinajstić information content (AvgIpc) is 2.69. The molecule has 0 aliphatic carbocycles. The zero-order valence-electron chi connectivity index (χ0n) is 17.2. The van der Waals surface area contributed by atoms with Gasteiger partial charge in [-0.25, -0.2) is 0 Å². The van der Waals surface area contributed by atoms with Crippen LogP contribution in [-0.2, 0) is 18.7 Å². The summed E-state index contributed by atoms with van der Waals surface area (Å²) in [5, 5.41) is 2.31. The summed E-state index contributed by atoms with van der Waals surface area (Å²) in [7, 11) is -0.978. The fraction of sp³-hybridized carbons (Fsp3) is 0.435. The van der Waals surface area contributed by atoms with Crippen molar-refractivity contribution in [1.29, 1.82) is 0 Å². The van der Waals surface area contributed by atoms with Gasteiger partial charge in [-0.1, -0.05) is 81.4 Å². The van der Waals surface area contributed by atoms with E-state index in [4.69, 9.17) is 13.9 Å². The molecule has 0 aromatic heterocycles. The summed E-state index contributed by atoms with van der Waals surface area (Å²) in [6.45, 7) is 7.04. The normalized spacial score (nSPS) is 20.6. The number of ether oxygens (including phenoxy) is 2. The van der Waals surface area contributed by atoms with Gasteiger partial charge in [0.15, 0.2) is 0 Å². The molecule has 1 saturated heterocycles. The van der Waals surface area contributed by atoms with Gasteiger partial charge < -0.3 is 13.9 Å². The van der Waals surface area contributed by atoms with Crippen molar-refractivity contribution in [1.82, 2.24) is 0 Å². The number of benzene rings is 2. The number of hydrogen-bond acceptors (Lipinski definition) is 4. The van der Waals surface area contributed by atoms with Gasteiger partial charge in [-0.05, 0) is 21.8 Å². The Hall–Kier alpha value is -1.95. The molecule has 1 aliphatic rings. The van der Waals surface area contributed by atoms with Crippen LogP contribution >= 0.6 is 0 Å². The van der Waals surface area contributed by atoms with Crippen molar-refractivity contribution in [2.75, 3.05) is 13.7 Å². The Morgan fingerprint density at radius 2 is 1.54 bits per heavy atom. The van der Waals surface area contributed by atoms with Crippen LogP contribution in [0.15, 0.2) is 60.7 Å². The Kier molecular flexibility index (Phi) is 6.38. The van der Waals surface area contributed by atoms with Crippen LogP contribution in [0.3, 0.4) is 0 Å². The minimum atomic E-state index is -2.64. The lowest BCUT2D eigenvalue weighted by Crippen LogP contribution is -2.67. The second-order valence-electron chi connectivity index (χ2n) is 8.32. The zero-order chi connectivity index (χ0) is 20.2. The number of cyclic esters (lactones) is 1. The Labute approximate surface area is 169 Å². The molecule has 2 aromatic rings. The van der Waals surface area contributed by atoms with E-state index in [0.29, 0.717) is 19.4 Å². The van der Waals surface area contributed by atoms with Gasteiger partial charge in [0.1, 0.15) is 6.10 Å². The third-order valence-electron chi connectivity index (χ3n) is 5.51. The topological polar surface area (TPSA) is 44.8 Å². The molecule has 3 rings (SSSR count). The molecule has 1 fully saturated rings. The first kappa shape index (κ1) is 20.8. The molecule has 28 heavy (non-hydrogen) atoms. The van der Waals surface area contributed by atoms with Crippen molar-refractivity contribution in [3.05, 3.63) is 60.7 Å². The number of hydrogen-bond donors (Lipinski definition) is 0. The number of esters is 1. The Balaban J connectivity index is 2.02. The van der Waals surface area contributed by atoms with Gasteiger partial charge in [-0.2, -0.15) is 0 Å². The predicted molar refractivity (Wildman–Crippen MR) is 113 cm³/mol. The Morgan fingerprint density at radius 1 is 1.00 bits per heavy atom. The highest BCUT2D eigenvalue weighted by molar-refractivity contribution is 6.99. The quantitative estimate of drug-likeness (QED) is 0.553. The van der Waals surface area contributed by atoms with Gasteiger partial charge in [0.2, 0.25) is 0 Å². The number of methoxy groups -OCH3 is 1. The van der Waals surface area contributed by atoms with Crippen molar-refractivity contribution in [3.8, 4) is 0 Å². The number of rotatable bonds is 6. The fourth-order valence-electron chi connectivity index (χ4n) is 4.13. The van der Waals surface area contributed by atoms with Crippen LogP contribution in [0.2, 0.25) is 5.04 Å². The standard InChI is InChI=1S/C23H30O4Si/c1-23(2,3)28(18-11-7-5-8-12-18,19-13-9-6-10-14-19)26-17-21-20(25-4)15-16-22(24)27-21/h5-14,20-21H,15-17H2,1-4H3/t20-,21+/m0/s1. The van der Waals surface area contributed by atoms with E-state index in [9.17, 15) is 4.79 Å². The van der Waals surface area contributed by atoms with E-state index in [2.05, 4.69) is 69.3 Å². The van der Waals surface area contributed by atoms with Crippen molar-refractivity contribution in [3.63, 3.8) is 0 Å². The molecule has 150 valence electrons. The van der Waals surface area contributed by atoms with Crippen molar-refractivity contribution < 1.29 is 18.7 Å². The van der Waals surface area contributed by atoms with E-state index < -0.39 is 8.32 Å².